The summed E-state index contributed by atoms with van der Waals surface area (Å²) in [7, 11) is 3.68. The highest BCUT2D eigenvalue weighted by Gasteiger charge is 2.35. The number of carbonyl (C=O) groups is 3. The molecule has 146 valence electrons. The summed E-state index contributed by atoms with van der Waals surface area (Å²) in [6.45, 7) is 1.64. The van der Waals surface area contributed by atoms with Gasteiger partial charge in [0, 0.05) is 4.47 Å². The molecule has 8 nitrogen and oxygen atoms in total. The molecule has 0 saturated heterocycles. The highest BCUT2D eigenvalue weighted by molar-refractivity contribution is 9.11. The average molecular weight is 507 g/mol. The van der Waals surface area contributed by atoms with Gasteiger partial charge in [-0.1, -0.05) is 0 Å². The van der Waals surface area contributed by atoms with E-state index in [2.05, 4.69) is 31.9 Å². The maximum absolute atomic E-state index is 12.4. The summed E-state index contributed by atoms with van der Waals surface area (Å²) in [4.78, 5) is 38.2. The van der Waals surface area contributed by atoms with Gasteiger partial charge < -0.3 is 23.8 Å². The fourth-order valence-electron chi connectivity index (χ4n) is 2.67. The maximum atomic E-state index is 12.4. The van der Waals surface area contributed by atoms with E-state index in [0.29, 0.717) is 20.2 Å². The summed E-state index contributed by atoms with van der Waals surface area (Å²) in [5.41, 5.74) is 1.40. The molecule has 0 bridgehead atoms. The van der Waals surface area contributed by atoms with Crippen molar-refractivity contribution in [3.05, 3.63) is 37.4 Å². The third kappa shape index (κ3) is 4.02. The minimum Gasteiger partial charge on any atom is -0.466 e. The van der Waals surface area contributed by atoms with Crippen LogP contribution >= 0.6 is 31.9 Å². The molecule has 0 fully saturated rings. The topological polar surface area (TPSA) is 91.4 Å². The molecule has 0 N–H and O–H groups in total. The Morgan fingerprint density at radius 2 is 1.63 bits per heavy atom. The zero-order valence-corrected chi connectivity index (χ0v) is 18.2. The van der Waals surface area contributed by atoms with Crippen LogP contribution in [0.4, 0.5) is 5.69 Å². The summed E-state index contributed by atoms with van der Waals surface area (Å²) in [6, 6.07) is 1.70. The van der Waals surface area contributed by atoms with Crippen molar-refractivity contribution in [1.29, 1.82) is 0 Å². The van der Waals surface area contributed by atoms with E-state index < -0.39 is 17.9 Å². The number of carbonyl (C=O) groups excluding carboxylic acids is 3. The minimum atomic E-state index is -0.729. The number of hydrogen-bond acceptors (Lipinski definition) is 8. The Kier molecular flexibility index (Phi) is 7.01. The molecular formula is C17H17Br2NO7. The number of rotatable bonds is 4. The van der Waals surface area contributed by atoms with Gasteiger partial charge in [0.05, 0.1) is 49.2 Å². The molecule has 1 aliphatic heterocycles. The first-order valence-electron chi connectivity index (χ1n) is 7.60. The molecule has 0 amide bonds. The molecule has 1 aliphatic rings. The Bertz CT molecular complexity index is 835. The van der Waals surface area contributed by atoms with Crippen LogP contribution in [0.1, 0.15) is 15.9 Å². The van der Waals surface area contributed by atoms with Crippen molar-refractivity contribution < 1.29 is 33.3 Å². The number of nitrogens with zero attached hydrogens (tertiary/aromatic N) is 1. The molecule has 0 saturated carbocycles. The fraction of sp³-hybridized carbons (Fsp3) is 0.353. The molecule has 10 heteroatoms. The van der Waals surface area contributed by atoms with E-state index in [9.17, 15) is 14.4 Å². The molecule has 0 aromatic heterocycles. The van der Waals surface area contributed by atoms with Gasteiger partial charge in [-0.3, -0.25) is 0 Å². The first-order chi connectivity index (χ1) is 12.8. The van der Waals surface area contributed by atoms with Crippen molar-refractivity contribution in [2.45, 2.75) is 6.92 Å². The van der Waals surface area contributed by atoms with Crippen molar-refractivity contribution in [3.63, 3.8) is 0 Å². The molecule has 1 heterocycles. The fourth-order valence-corrected chi connectivity index (χ4v) is 4.54. The average Bonchev–Trinajstić information content (AvgIpc) is 2.65. The molecule has 0 aliphatic carbocycles. The van der Waals surface area contributed by atoms with E-state index in [1.54, 1.807) is 13.0 Å². The number of anilines is 1. The van der Waals surface area contributed by atoms with Crippen LogP contribution in [0.5, 0.6) is 0 Å². The van der Waals surface area contributed by atoms with Crippen LogP contribution in [-0.4, -0.2) is 52.6 Å². The van der Waals surface area contributed by atoms with Gasteiger partial charge in [0.2, 0.25) is 0 Å². The number of esters is 3. The highest BCUT2D eigenvalue weighted by atomic mass is 79.9. The Balaban J connectivity index is 2.77. The van der Waals surface area contributed by atoms with E-state index in [4.69, 9.17) is 18.9 Å². The predicted molar refractivity (Wildman–Crippen MR) is 102 cm³/mol. The lowest BCUT2D eigenvalue weighted by Crippen LogP contribution is -2.39. The van der Waals surface area contributed by atoms with Crippen LogP contribution in [0.15, 0.2) is 26.3 Å². The van der Waals surface area contributed by atoms with E-state index in [-0.39, 0.29) is 30.2 Å². The first-order valence-corrected chi connectivity index (χ1v) is 9.19. The van der Waals surface area contributed by atoms with Crippen molar-refractivity contribution in [3.8, 4) is 0 Å². The van der Waals surface area contributed by atoms with Gasteiger partial charge >= 0.3 is 17.9 Å². The number of ether oxygens (including phenoxy) is 4. The second-order valence-corrected chi connectivity index (χ2v) is 7.07. The number of aryl methyl sites for hydroxylation is 1. The van der Waals surface area contributed by atoms with Gasteiger partial charge in [0.15, 0.2) is 0 Å². The van der Waals surface area contributed by atoms with E-state index in [1.165, 1.54) is 26.2 Å². The summed E-state index contributed by atoms with van der Waals surface area (Å²) in [5, 5.41) is 0. The molecule has 0 spiro atoms. The van der Waals surface area contributed by atoms with Gasteiger partial charge in [-0.2, -0.15) is 0 Å². The summed E-state index contributed by atoms with van der Waals surface area (Å²) < 4.78 is 20.8. The molecule has 2 rings (SSSR count). The zero-order valence-electron chi connectivity index (χ0n) is 15.1. The largest absolute Gasteiger partial charge is 0.466 e. The number of hydrogen-bond donors (Lipinski definition) is 0. The van der Waals surface area contributed by atoms with Crippen LogP contribution in [0.2, 0.25) is 0 Å². The van der Waals surface area contributed by atoms with E-state index >= 15 is 0 Å². The molecule has 0 unspecified atom stereocenters. The number of benzene rings is 1. The molecule has 1 aromatic rings. The molecule has 1 aromatic carbocycles. The third-order valence-corrected chi connectivity index (χ3v) is 5.27. The standard InChI is InChI=1S/C17H17Br2NO7/c1-8-5-10(18)11(16(22)25-3)12(19)13(8)20-7-27-6-9(15(21)24-2)14(20)17(23)26-4/h5H,6-7H2,1-4H3. The molecule has 27 heavy (non-hydrogen) atoms. The molecule has 0 radical (unpaired) electrons. The lowest BCUT2D eigenvalue weighted by Gasteiger charge is -2.33. The van der Waals surface area contributed by atoms with Crippen molar-refractivity contribution in [2.75, 3.05) is 39.6 Å². The second-order valence-electron chi connectivity index (χ2n) is 5.42. The molecular weight excluding hydrogens is 490 g/mol. The Labute approximate surface area is 172 Å². The van der Waals surface area contributed by atoms with Crippen LogP contribution in [0.3, 0.4) is 0 Å². The number of methoxy groups -OCH3 is 3. The smallest absolute Gasteiger partial charge is 0.355 e. The van der Waals surface area contributed by atoms with Gasteiger partial charge in [0.1, 0.15) is 12.4 Å². The third-order valence-electron chi connectivity index (χ3n) is 3.88. The van der Waals surface area contributed by atoms with Crippen molar-refractivity contribution in [2.24, 2.45) is 0 Å². The van der Waals surface area contributed by atoms with E-state index in [0.717, 1.165) is 0 Å². The highest BCUT2D eigenvalue weighted by Crippen LogP contribution is 2.41. The van der Waals surface area contributed by atoms with Crippen LogP contribution in [0.25, 0.3) is 0 Å². The Morgan fingerprint density at radius 3 is 2.19 bits per heavy atom. The van der Waals surface area contributed by atoms with Crippen LogP contribution in [-0.2, 0) is 28.5 Å². The van der Waals surface area contributed by atoms with Crippen molar-refractivity contribution in [1.82, 2.24) is 0 Å². The van der Waals surface area contributed by atoms with Gasteiger partial charge in [-0.05, 0) is 50.4 Å². The second kappa shape index (κ2) is 8.85. The first kappa shape index (κ1) is 21.4. The van der Waals surface area contributed by atoms with Gasteiger partial charge in [0.25, 0.3) is 0 Å². The van der Waals surface area contributed by atoms with Crippen LogP contribution < -0.4 is 4.90 Å². The van der Waals surface area contributed by atoms with Gasteiger partial charge in [-0.15, -0.1) is 0 Å². The normalized spacial score (nSPS) is 14.1. The SMILES string of the molecule is COC(=O)C1=C(C(=O)OC)N(c2c(C)cc(Br)c(C(=O)OC)c2Br)COC1. The lowest BCUT2D eigenvalue weighted by atomic mass is 10.1. The predicted octanol–water partition coefficient (Wildman–Crippen LogP) is 2.70. The Morgan fingerprint density at radius 1 is 1.04 bits per heavy atom. The quantitative estimate of drug-likeness (QED) is 0.454. The summed E-state index contributed by atoms with van der Waals surface area (Å²) in [5.74, 6) is -2.02. The minimum absolute atomic E-state index is 0.0162. The van der Waals surface area contributed by atoms with Crippen LogP contribution in [0, 0.1) is 6.92 Å². The summed E-state index contributed by atoms with van der Waals surface area (Å²) >= 11 is 6.76. The monoisotopic (exact) mass is 505 g/mol. The van der Waals surface area contributed by atoms with E-state index in [1.807, 2.05) is 0 Å². The Hall–Kier alpha value is -1.91. The van der Waals surface area contributed by atoms with Crippen molar-refractivity contribution >= 4 is 55.5 Å². The van der Waals surface area contributed by atoms with Gasteiger partial charge in [-0.25, -0.2) is 14.4 Å². The maximum Gasteiger partial charge on any atom is 0.355 e. The lowest BCUT2D eigenvalue weighted by molar-refractivity contribution is -0.140. The zero-order chi connectivity index (χ0) is 20.3. The summed E-state index contributed by atoms with van der Waals surface area (Å²) in [6.07, 6.45) is 0. The number of halogens is 2. The molecule has 0 atom stereocenters.